The van der Waals surface area contributed by atoms with Crippen LogP contribution < -0.4 is 40.2 Å². The van der Waals surface area contributed by atoms with Gasteiger partial charge in [-0.05, 0) is 118 Å². The first-order valence-corrected chi connectivity index (χ1v) is 29.4. The fourth-order valence-corrected chi connectivity index (χ4v) is 14.6. The van der Waals surface area contributed by atoms with E-state index in [1.54, 1.807) is 0 Å². The van der Waals surface area contributed by atoms with E-state index >= 15 is 0 Å². The lowest BCUT2D eigenvalue weighted by molar-refractivity contribution is 0.304. The lowest BCUT2D eigenvalue weighted by Gasteiger charge is -2.25. The first-order chi connectivity index (χ1) is 35.5. The van der Waals surface area contributed by atoms with Gasteiger partial charge in [-0.25, -0.2) is 0 Å². The Balaban J connectivity index is 1.26. The number of hydrogen-bond donors (Lipinski definition) is 0. The summed E-state index contributed by atoms with van der Waals surface area (Å²) in [5, 5.41) is 5.50. The molecule has 0 N–H and O–H groups in total. The van der Waals surface area contributed by atoms with Crippen LogP contribution in [0.3, 0.4) is 0 Å². The van der Waals surface area contributed by atoms with Gasteiger partial charge in [-0.3, -0.25) is 0 Å². The summed E-state index contributed by atoms with van der Waals surface area (Å²) in [6.07, 6.45) is 8.14. The molecule has 9 rings (SSSR count). The van der Waals surface area contributed by atoms with Gasteiger partial charge in [0.15, 0.2) is 0 Å². The fourth-order valence-electron chi connectivity index (χ4n) is 10.0. The monoisotopic (exact) mass is 988 g/mol. The maximum Gasteiger partial charge on any atom is 0.126 e. The van der Waals surface area contributed by atoms with Crippen LogP contribution in [0.2, 0.25) is 0 Å². The van der Waals surface area contributed by atoms with Crippen LogP contribution in [-0.4, -0.2) is 26.4 Å². The number of fused-ring (bicyclic) bond motifs is 8. The van der Waals surface area contributed by atoms with E-state index in [2.05, 4.69) is 210 Å². The van der Waals surface area contributed by atoms with Gasteiger partial charge in [0.05, 0.1) is 26.4 Å². The van der Waals surface area contributed by atoms with Crippen molar-refractivity contribution in [3.63, 3.8) is 0 Å². The van der Waals surface area contributed by atoms with Crippen molar-refractivity contribution in [2.45, 2.75) is 91.4 Å². The molecule has 0 aliphatic heterocycles. The number of para-hydroxylation sites is 2. The van der Waals surface area contributed by atoms with Crippen molar-refractivity contribution < 1.29 is 18.9 Å². The molecule has 72 heavy (non-hydrogen) atoms. The molecule has 8 bridgehead atoms. The lowest BCUT2D eigenvalue weighted by atomic mass is 9.90. The third-order valence-electron chi connectivity index (χ3n) is 13.2. The van der Waals surface area contributed by atoms with Crippen LogP contribution in [0.5, 0.6) is 23.0 Å². The van der Waals surface area contributed by atoms with Gasteiger partial charge in [-0.15, -0.1) is 0 Å². The molecular formula is C66H70O4P2. The van der Waals surface area contributed by atoms with Gasteiger partial charge in [0.1, 0.15) is 23.0 Å². The van der Waals surface area contributed by atoms with Gasteiger partial charge in [0.25, 0.3) is 0 Å². The highest BCUT2D eigenvalue weighted by atomic mass is 31.1. The Labute approximate surface area is 432 Å². The summed E-state index contributed by atoms with van der Waals surface area (Å²) < 4.78 is 27.9. The first-order valence-electron chi connectivity index (χ1n) is 26.3. The number of ether oxygens (including phenoxy) is 4. The van der Waals surface area contributed by atoms with E-state index in [4.69, 9.17) is 18.9 Å². The average molecular weight is 989 g/mol. The molecule has 0 heterocycles. The number of benzene rings is 8. The molecule has 8 aromatic rings. The van der Waals surface area contributed by atoms with E-state index < -0.39 is 15.8 Å². The Hall–Kier alpha value is -6.18. The quantitative estimate of drug-likeness (QED) is 0.0713. The molecule has 0 aromatic heterocycles. The molecular weight excluding hydrogens is 919 g/mol. The van der Waals surface area contributed by atoms with Crippen molar-refractivity contribution in [2.24, 2.45) is 0 Å². The van der Waals surface area contributed by atoms with Crippen molar-refractivity contribution in [1.29, 1.82) is 0 Å². The summed E-state index contributed by atoms with van der Waals surface area (Å²) in [6, 6.07) is 67.7. The topological polar surface area (TPSA) is 36.9 Å². The average Bonchev–Trinajstić information content (AvgIpc) is 3.41. The summed E-state index contributed by atoms with van der Waals surface area (Å²) in [4.78, 5) is 0. The molecule has 368 valence electrons. The van der Waals surface area contributed by atoms with Crippen LogP contribution in [0.4, 0.5) is 0 Å². The molecule has 8 aromatic carbocycles. The molecule has 0 unspecified atom stereocenters. The van der Waals surface area contributed by atoms with Gasteiger partial charge in [-0.2, -0.15) is 0 Å². The van der Waals surface area contributed by atoms with Crippen molar-refractivity contribution in [2.75, 3.05) is 26.4 Å². The van der Waals surface area contributed by atoms with Gasteiger partial charge < -0.3 is 18.9 Å². The third kappa shape index (κ3) is 12.5. The zero-order valence-electron chi connectivity index (χ0n) is 42.7. The van der Waals surface area contributed by atoms with Crippen LogP contribution in [0.25, 0.3) is 0 Å². The maximum atomic E-state index is 6.98. The van der Waals surface area contributed by atoms with E-state index in [9.17, 15) is 0 Å². The predicted octanol–water partition coefficient (Wildman–Crippen LogP) is 14.8. The van der Waals surface area contributed by atoms with E-state index in [-0.39, 0.29) is 0 Å². The zero-order valence-corrected chi connectivity index (χ0v) is 44.5. The summed E-state index contributed by atoms with van der Waals surface area (Å²) in [5.74, 6) is 3.91. The molecule has 0 atom stereocenters. The van der Waals surface area contributed by atoms with Crippen molar-refractivity contribution in [3.8, 4) is 23.0 Å². The second-order valence-corrected chi connectivity index (χ2v) is 23.3. The molecule has 6 heteroatoms. The Kier molecular flexibility index (Phi) is 17.9. The van der Waals surface area contributed by atoms with Gasteiger partial charge in [0, 0.05) is 38.0 Å². The molecule has 0 radical (unpaired) electrons. The maximum absolute atomic E-state index is 6.98. The van der Waals surface area contributed by atoms with Crippen LogP contribution in [0, 0.1) is 0 Å². The summed E-state index contributed by atoms with van der Waals surface area (Å²) in [7, 11) is -1.40. The van der Waals surface area contributed by atoms with Crippen LogP contribution in [0.15, 0.2) is 182 Å². The SMILES string of the molecule is CCCOc1c2cccc1Cc1cc(CP(c3ccccc3)c3ccccc3)cc(c1OCCC)Cc1cccc(c1OCCC)Cc1cc(CP(c3ccccc3)c3ccccc3)cc(c1OCCC)C2. The van der Waals surface area contributed by atoms with Crippen molar-refractivity contribution >= 4 is 37.1 Å². The van der Waals surface area contributed by atoms with Crippen LogP contribution >= 0.6 is 15.8 Å². The summed E-state index contributed by atoms with van der Waals surface area (Å²) in [6.45, 7) is 11.3. The fraction of sp³-hybridized carbons (Fsp3) is 0.273. The minimum atomic E-state index is -0.699. The van der Waals surface area contributed by atoms with Crippen molar-refractivity contribution in [3.05, 3.63) is 238 Å². The van der Waals surface area contributed by atoms with Crippen LogP contribution in [0.1, 0.15) is 109 Å². The number of rotatable bonds is 20. The number of hydrogen-bond acceptors (Lipinski definition) is 4. The highest BCUT2D eigenvalue weighted by molar-refractivity contribution is 7.72. The van der Waals surface area contributed by atoms with E-state index in [1.165, 1.54) is 76.9 Å². The molecule has 4 nitrogen and oxygen atoms in total. The molecule has 0 saturated carbocycles. The lowest BCUT2D eigenvalue weighted by Crippen LogP contribution is -2.14. The highest BCUT2D eigenvalue weighted by Crippen LogP contribution is 2.45. The van der Waals surface area contributed by atoms with E-state index in [1.807, 2.05) is 0 Å². The first kappa shape index (κ1) is 50.7. The van der Waals surface area contributed by atoms with E-state index in [0.717, 1.165) is 61.0 Å². The van der Waals surface area contributed by atoms with E-state index in [0.29, 0.717) is 52.1 Å². The third-order valence-corrected chi connectivity index (χ3v) is 18.3. The standard InChI is InChI=1S/C66H70O4P2/c1-5-35-67-63-51-23-21-24-52(63)44-56-40-50(48-72(61-31-17-11-18-32-61)62-33-19-12-20-34-62)42-58(66(56)70-38-8-4)46-54-26-22-25-53(64(54)68-36-6-2)45-57-41-49(39-55(43-51)65(57)69-37-7-3)47-71(59-27-13-9-14-28-59)60-29-15-10-16-30-60/h9-34,39-42H,5-8,35-38,43-48H2,1-4H3. The van der Waals surface area contributed by atoms with Gasteiger partial charge in [-0.1, -0.05) is 210 Å². The minimum absolute atomic E-state index is 0.630. The minimum Gasteiger partial charge on any atom is -0.493 e. The van der Waals surface area contributed by atoms with Crippen LogP contribution in [-0.2, 0) is 38.0 Å². The largest absolute Gasteiger partial charge is 0.493 e. The van der Waals surface area contributed by atoms with Gasteiger partial charge >= 0.3 is 0 Å². The molecule has 0 spiro atoms. The molecule has 0 amide bonds. The molecule has 0 fully saturated rings. The second kappa shape index (κ2) is 25.5. The zero-order chi connectivity index (χ0) is 49.5. The van der Waals surface area contributed by atoms with Crippen molar-refractivity contribution in [1.82, 2.24) is 0 Å². The Morgan fingerprint density at radius 3 is 0.764 bits per heavy atom. The summed E-state index contributed by atoms with van der Waals surface area (Å²) in [5.41, 5.74) is 12.1. The Bertz CT molecular complexity index is 2600. The molecule has 1 aliphatic carbocycles. The Morgan fingerprint density at radius 1 is 0.292 bits per heavy atom. The smallest absolute Gasteiger partial charge is 0.126 e. The highest BCUT2D eigenvalue weighted by Gasteiger charge is 2.25. The molecule has 1 aliphatic rings. The molecule has 0 saturated heterocycles. The normalized spacial score (nSPS) is 12.2. The predicted molar refractivity (Wildman–Crippen MR) is 306 cm³/mol. The second-order valence-electron chi connectivity index (χ2n) is 18.9. The van der Waals surface area contributed by atoms with Gasteiger partial charge in [0.2, 0.25) is 0 Å². The summed E-state index contributed by atoms with van der Waals surface area (Å²) >= 11 is 0. The Morgan fingerprint density at radius 2 is 0.528 bits per heavy atom.